The number of hydrogen-bond donors (Lipinski definition) is 2. The van der Waals surface area contributed by atoms with Crippen molar-refractivity contribution in [2.75, 3.05) is 6.54 Å². The molecule has 1 aliphatic rings. The van der Waals surface area contributed by atoms with Gasteiger partial charge in [-0.05, 0) is 18.8 Å². The van der Waals surface area contributed by atoms with E-state index in [0.29, 0.717) is 5.92 Å². The Labute approximate surface area is 117 Å². The Kier molecular flexibility index (Phi) is 5.26. The number of nitrogens with two attached hydrogens (primary N) is 1. The minimum Gasteiger partial charge on any atom is -0.349 e. The van der Waals surface area contributed by atoms with Crippen LogP contribution in [0.1, 0.15) is 18.4 Å². The molecule has 0 aromatic heterocycles. The first-order valence-corrected chi connectivity index (χ1v) is 5.99. The lowest BCUT2D eigenvalue weighted by Gasteiger charge is -2.18. The van der Waals surface area contributed by atoms with Crippen molar-refractivity contribution >= 4 is 18.3 Å². The molecule has 0 radical (unpaired) electrons. The van der Waals surface area contributed by atoms with Gasteiger partial charge in [0, 0.05) is 18.2 Å². The van der Waals surface area contributed by atoms with Crippen LogP contribution in [0.3, 0.4) is 0 Å². The van der Waals surface area contributed by atoms with Gasteiger partial charge in [-0.15, -0.1) is 12.4 Å². The lowest BCUT2D eigenvalue weighted by Crippen LogP contribution is -2.44. The minimum atomic E-state index is -3.51. The molecule has 0 bridgehead atoms. The molecule has 0 spiro atoms. The van der Waals surface area contributed by atoms with Crippen LogP contribution >= 0.6 is 12.4 Å². The summed E-state index contributed by atoms with van der Waals surface area (Å²) in [4.78, 5) is 11.5. The monoisotopic (exact) mass is 290 g/mol. The van der Waals surface area contributed by atoms with Crippen LogP contribution in [0.5, 0.6) is 0 Å². The maximum Gasteiger partial charge on any atom is 0.349 e. The summed E-state index contributed by atoms with van der Waals surface area (Å²) in [6.07, 6.45) is 2.04. The van der Waals surface area contributed by atoms with Crippen molar-refractivity contribution in [2.24, 2.45) is 11.7 Å². The topological polar surface area (TPSA) is 55.1 Å². The molecule has 1 fully saturated rings. The summed E-state index contributed by atoms with van der Waals surface area (Å²) in [5.74, 6) is -4.43. The Morgan fingerprint density at radius 3 is 2.47 bits per heavy atom. The third-order valence-electron chi connectivity index (χ3n) is 3.15. The van der Waals surface area contributed by atoms with Crippen LogP contribution in [0.25, 0.3) is 0 Å². The number of alkyl halides is 2. The lowest BCUT2D eigenvalue weighted by molar-refractivity contribution is -0.147. The molecule has 1 unspecified atom stereocenters. The molecule has 1 saturated carbocycles. The van der Waals surface area contributed by atoms with Gasteiger partial charge in [-0.2, -0.15) is 8.78 Å². The van der Waals surface area contributed by atoms with Crippen molar-refractivity contribution in [3.8, 4) is 0 Å². The van der Waals surface area contributed by atoms with E-state index in [0.717, 1.165) is 12.8 Å². The van der Waals surface area contributed by atoms with Gasteiger partial charge in [0.25, 0.3) is 5.91 Å². The first-order valence-electron chi connectivity index (χ1n) is 5.99. The fourth-order valence-electron chi connectivity index (χ4n) is 1.79. The molecule has 6 heteroatoms. The van der Waals surface area contributed by atoms with Crippen LogP contribution in [0, 0.1) is 5.92 Å². The molecule has 0 aliphatic heterocycles. The number of rotatable bonds is 5. The number of hydrogen-bond acceptors (Lipinski definition) is 2. The van der Waals surface area contributed by atoms with Crippen LogP contribution in [-0.2, 0) is 10.7 Å². The van der Waals surface area contributed by atoms with E-state index >= 15 is 0 Å². The van der Waals surface area contributed by atoms with E-state index in [2.05, 4.69) is 5.32 Å². The predicted molar refractivity (Wildman–Crippen MR) is 71.3 cm³/mol. The Balaban J connectivity index is 0.00000180. The van der Waals surface area contributed by atoms with E-state index < -0.39 is 11.8 Å². The van der Waals surface area contributed by atoms with Gasteiger partial charge in [-0.3, -0.25) is 4.79 Å². The second-order valence-corrected chi connectivity index (χ2v) is 4.65. The zero-order valence-electron chi connectivity index (χ0n) is 10.3. The number of halogens is 3. The van der Waals surface area contributed by atoms with E-state index in [1.807, 2.05) is 0 Å². The second-order valence-electron chi connectivity index (χ2n) is 4.65. The molecule has 1 aliphatic carbocycles. The number of benzene rings is 1. The Hall–Kier alpha value is -1.20. The normalized spacial score (nSPS) is 16.4. The van der Waals surface area contributed by atoms with E-state index in [9.17, 15) is 13.6 Å². The van der Waals surface area contributed by atoms with Crippen molar-refractivity contribution in [1.82, 2.24) is 5.32 Å². The zero-order chi connectivity index (χ0) is 13.2. The molecule has 3 nitrogen and oxygen atoms in total. The summed E-state index contributed by atoms with van der Waals surface area (Å²) in [7, 11) is 0. The Morgan fingerprint density at radius 2 is 1.95 bits per heavy atom. The minimum absolute atomic E-state index is 0. The van der Waals surface area contributed by atoms with Crippen molar-refractivity contribution in [2.45, 2.75) is 24.8 Å². The van der Waals surface area contributed by atoms with Gasteiger partial charge in [-0.25, -0.2) is 0 Å². The Bertz CT molecular complexity index is 424. The van der Waals surface area contributed by atoms with Gasteiger partial charge in [0.2, 0.25) is 0 Å². The average molecular weight is 291 g/mol. The van der Waals surface area contributed by atoms with Crippen LogP contribution in [-0.4, -0.2) is 18.5 Å². The highest BCUT2D eigenvalue weighted by molar-refractivity contribution is 5.85. The molecule has 2 rings (SSSR count). The lowest BCUT2D eigenvalue weighted by atomic mass is 10.1. The smallest absolute Gasteiger partial charge is 0.349 e. The van der Waals surface area contributed by atoms with Crippen LogP contribution in [0.4, 0.5) is 8.78 Å². The van der Waals surface area contributed by atoms with Crippen LogP contribution < -0.4 is 11.1 Å². The van der Waals surface area contributed by atoms with Gasteiger partial charge in [0.1, 0.15) is 0 Å². The first kappa shape index (κ1) is 15.9. The molecule has 1 atom stereocenters. The third-order valence-corrected chi connectivity index (χ3v) is 3.15. The van der Waals surface area contributed by atoms with Crippen LogP contribution in [0.2, 0.25) is 0 Å². The number of nitrogens with one attached hydrogen (secondary N) is 1. The van der Waals surface area contributed by atoms with Gasteiger partial charge in [0.05, 0.1) is 0 Å². The summed E-state index contributed by atoms with van der Waals surface area (Å²) in [5.41, 5.74) is 5.45. The standard InChI is InChI=1S/C13H16F2N2O.ClH/c14-13(15,10-4-2-1-3-5-10)12(18)17-8-11(16)9-6-7-9;/h1-5,9,11H,6-8,16H2,(H,17,18);1H. The van der Waals surface area contributed by atoms with Gasteiger partial charge >= 0.3 is 5.92 Å². The zero-order valence-corrected chi connectivity index (χ0v) is 11.1. The highest BCUT2D eigenvalue weighted by Gasteiger charge is 2.41. The molecular weight excluding hydrogens is 274 g/mol. The molecule has 0 saturated heterocycles. The van der Waals surface area contributed by atoms with E-state index in [1.165, 1.54) is 24.3 Å². The van der Waals surface area contributed by atoms with E-state index in [1.54, 1.807) is 6.07 Å². The van der Waals surface area contributed by atoms with Crippen molar-refractivity contribution in [3.63, 3.8) is 0 Å². The fourth-order valence-corrected chi connectivity index (χ4v) is 1.79. The van der Waals surface area contributed by atoms with Gasteiger partial charge in [-0.1, -0.05) is 30.3 Å². The summed E-state index contributed by atoms with van der Waals surface area (Å²) < 4.78 is 27.5. The molecule has 0 heterocycles. The SMILES string of the molecule is Cl.NC(CNC(=O)C(F)(F)c1ccccc1)C1CC1. The Morgan fingerprint density at radius 1 is 1.37 bits per heavy atom. The average Bonchev–Trinajstić information content (AvgIpc) is 3.20. The summed E-state index contributed by atoms with van der Waals surface area (Å²) in [6, 6.07) is 6.83. The predicted octanol–water partition coefficient (Wildman–Crippen LogP) is 2.05. The summed E-state index contributed by atoms with van der Waals surface area (Å²) in [5, 5.41) is 2.23. The third kappa shape index (κ3) is 3.88. The van der Waals surface area contributed by atoms with E-state index in [-0.39, 0.29) is 30.6 Å². The maximum atomic E-state index is 13.8. The number of carbonyl (C=O) groups excluding carboxylic acids is 1. The number of carbonyl (C=O) groups is 1. The highest BCUT2D eigenvalue weighted by Crippen LogP contribution is 2.31. The summed E-state index contributed by atoms with van der Waals surface area (Å²) in [6.45, 7) is 0.103. The second kappa shape index (κ2) is 6.30. The fraction of sp³-hybridized carbons (Fsp3) is 0.462. The van der Waals surface area contributed by atoms with Gasteiger partial charge < -0.3 is 11.1 Å². The summed E-state index contributed by atoms with van der Waals surface area (Å²) >= 11 is 0. The molecule has 3 N–H and O–H groups in total. The molecule has 1 aromatic rings. The molecule has 106 valence electrons. The largest absolute Gasteiger partial charge is 0.349 e. The van der Waals surface area contributed by atoms with Crippen molar-refractivity contribution < 1.29 is 13.6 Å². The molecule has 1 amide bonds. The van der Waals surface area contributed by atoms with Crippen molar-refractivity contribution in [3.05, 3.63) is 35.9 Å². The van der Waals surface area contributed by atoms with Crippen LogP contribution in [0.15, 0.2) is 30.3 Å². The van der Waals surface area contributed by atoms with Gasteiger partial charge in [0.15, 0.2) is 0 Å². The highest BCUT2D eigenvalue weighted by atomic mass is 35.5. The molecule has 19 heavy (non-hydrogen) atoms. The maximum absolute atomic E-state index is 13.8. The van der Waals surface area contributed by atoms with Crippen molar-refractivity contribution in [1.29, 1.82) is 0 Å². The molecule has 1 aromatic carbocycles. The van der Waals surface area contributed by atoms with E-state index in [4.69, 9.17) is 5.73 Å². The molecular formula is C13H17ClF2N2O. The first-order chi connectivity index (χ1) is 8.51. The quantitative estimate of drug-likeness (QED) is 0.872. The number of amides is 1.